The van der Waals surface area contributed by atoms with Crippen molar-refractivity contribution in [2.24, 2.45) is 0 Å². The molecule has 0 saturated heterocycles. The van der Waals surface area contributed by atoms with Crippen molar-refractivity contribution in [3.8, 4) is 0 Å². The average Bonchev–Trinajstić information content (AvgIpc) is 3.10. The minimum Gasteiger partial charge on any atom is -0.465 e. The number of nitrogens with zero attached hydrogens (tertiary/aromatic N) is 1. The number of aromatic amines is 1. The number of rotatable bonds is 3. The molecular formula is C21H21N3O3S. The first-order valence-electron chi connectivity index (χ1n) is 9.01. The SMILES string of the molecule is COC(=O)c1ccc2[nH]c3c(c2c1)CN(C(=O)Nc1cccc(SC)c1)CC3. The topological polar surface area (TPSA) is 74.4 Å². The van der Waals surface area contributed by atoms with Crippen LogP contribution in [0.4, 0.5) is 10.5 Å². The van der Waals surface area contributed by atoms with E-state index >= 15 is 0 Å². The van der Waals surface area contributed by atoms with Crippen LogP contribution in [0.2, 0.25) is 0 Å². The molecule has 1 aromatic heterocycles. The van der Waals surface area contributed by atoms with Crippen molar-refractivity contribution in [3.05, 3.63) is 59.3 Å². The summed E-state index contributed by atoms with van der Waals surface area (Å²) in [6, 6.07) is 13.1. The summed E-state index contributed by atoms with van der Waals surface area (Å²) in [4.78, 5) is 31.0. The second kappa shape index (κ2) is 7.59. The van der Waals surface area contributed by atoms with Gasteiger partial charge < -0.3 is 19.9 Å². The van der Waals surface area contributed by atoms with E-state index in [4.69, 9.17) is 4.74 Å². The van der Waals surface area contributed by atoms with Crippen LogP contribution < -0.4 is 5.32 Å². The van der Waals surface area contributed by atoms with E-state index in [1.807, 2.05) is 42.7 Å². The van der Waals surface area contributed by atoms with E-state index in [1.54, 1.807) is 22.7 Å². The average molecular weight is 395 g/mol. The summed E-state index contributed by atoms with van der Waals surface area (Å²) in [5, 5.41) is 3.94. The van der Waals surface area contributed by atoms with Crippen LogP contribution >= 0.6 is 11.8 Å². The second-order valence-electron chi connectivity index (χ2n) is 6.67. The van der Waals surface area contributed by atoms with E-state index in [0.717, 1.165) is 39.2 Å². The molecule has 0 radical (unpaired) electrons. The molecule has 4 rings (SSSR count). The molecule has 0 aliphatic carbocycles. The molecule has 0 bridgehead atoms. The van der Waals surface area contributed by atoms with Gasteiger partial charge in [-0.15, -0.1) is 11.8 Å². The van der Waals surface area contributed by atoms with Crippen molar-refractivity contribution in [2.45, 2.75) is 17.9 Å². The minimum absolute atomic E-state index is 0.123. The second-order valence-corrected chi connectivity index (χ2v) is 7.55. The lowest BCUT2D eigenvalue weighted by atomic mass is 10.0. The number of H-pyrrole nitrogens is 1. The van der Waals surface area contributed by atoms with Gasteiger partial charge in [0.1, 0.15) is 0 Å². The third-order valence-electron chi connectivity index (χ3n) is 5.00. The maximum atomic E-state index is 12.8. The Balaban J connectivity index is 1.57. The summed E-state index contributed by atoms with van der Waals surface area (Å²) in [5.41, 5.74) is 4.43. The van der Waals surface area contributed by atoms with Gasteiger partial charge in [0, 0.05) is 52.3 Å². The normalized spacial score (nSPS) is 13.3. The van der Waals surface area contributed by atoms with Gasteiger partial charge >= 0.3 is 12.0 Å². The van der Waals surface area contributed by atoms with Gasteiger partial charge in [0.2, 0.25) is 0 Å². The number of aromatic nitrogens is 1. The lowest BCUT2D eigenvalue weighted by Crippen LogP contribution is -2.38. The predicted octanol–water partition coefficient (Wildman–Crippen LogP) is 4.27. The Morgan fingerprint density at radius 2 is 2.07 bits per heavy atom. The third kappa shape index (κ3) is 3.45. The maximum Gasteiger partial charge on any atom is 0.337 e. The molecule has 2 aromatic carbocycles. The quantitative estimate of drug-likeness (QED) is 0.513. The molecule has 3 aromatic rings. The van der Waals surface area contributed by atoms with E-state index in [9.17, 15) is 9.59 Å². The van der Waals surface area contributed by atoms with Gasteiger partial charge in [-0.25, -0.2) is 9.59 Å². The van der Waals surface area contributed by atoms with E-state index in [-0.39, 0.29) is 12.0 Å². The predicted molar refractivity (Wildman–Crippen MR) is 111 cm³/mol. The lowest BCUT2D eigenvalue weighted by Gasteiger charge is -2.27. The largest absolute Gasteiger partial charge is 0.465 e. The molecule has 0 fully saturated rings. The number of ether oxygens (including phenoxy) is 1. The van der Waals surface area contributed by atoms with Crippen LogP contribution in [0.1, 0.15) is 21.6 Å². The highest BCUT2D eigenvalue weighted by Gasteiger charge is 2.24. The maximum absolute atomic E-state index is 12.8. The molecule has 0 unspecified atom stereocenters. The monoisotopic (exact) mass is 395 g/mol. The summed E-state index contributed by atoms with van der Waals surface area (Å²) in [6.07, 6.45) is 2.75. The Morgan fingerprint density at radius 1 is 1.21 bits per heavy atom. The van der Waals surface area contributed by atoms with Crippen LogP contribution in [0.15, 0.2) is 47.4 Å². The molecule has 0 atom stereocenters. The zero-order chi connectivity index (χ0) is 19.7. The van der Waals surface area contributed by atoms with Crippen LogP contribution in [-0.4, -0.2) is 41.8 Å². The Hall–Kier alpha value is -2.93. The Kier molecular flexibility index (Phi) is 5.00. The highest BCUT2D eigenvalue weighted by molar-refractivity contribution is 7.98. The van der Waals surface area contributed by atoms with Crippen LogP contribution in [-0.2, 0) is 17.7 Å². The van der Waals surface area contributed by atoms with Crippen molar-refractivity contribution >= 4 is 40.4 Å². The van der Waals surface area contributed by atoms with Crippen LogP contribution in [0.3, 0.4) is 0 Å². The summed E-state index contributed by atoms with van der Waals surface area (Å²) in [6.45, 7) is 1.13. The molecule has 1 aliphatic rings. The van der Waals surface area contributed by atoms with E-state index in [0.29, 0.717) is 18.7 Å². The van der Waals surface area contributed by atoms with E-state index in [2.05, 4.69) is 10.3 Å². The van der Waals surface area contributed by atoms with Gasteiger partial charge in [-0.2, -0.15) is 0 Å². The van der Waals surface area contributed by atoms with E-state index < -0.39 is 0 Å². The van der Waals surface area contributed by atoms with Crippen LogP contribution in [0, 0.1) is 0 Å². The Labute approximate surface area is 167 Å². The molecule has 7 heteroatoms. The molecule has 6 nitrogen and oxygen atoms in total. The Morgan fingerprint density at radius 3 is 2.86 bits per heavy atom. The number of fused-ring (bicyclic) bond motifs is 3. The molecule has 0 saturated carbocycles. The standard InChI is InChI=1S/C21H21N3O3S/c1-27-20(25)13-6-7-18-16(10-13)17-12-24(9-8-19(17)23-18)21(26)22-14-4-3-5-15(11-14)28-2/h3-7,10-11,23H,8-9,12H2,1-2H3,(H,22,26). The van der Waals surface area contributed by atoms with Gasteiger partial charge in [-0.05, 0) is 42.7 Å². The Bertz CT molecular complexity index is 1060. The summed E-state index contributed by atoms with van der Waals surface area (Å²) >= 11 is 1.64. The third-order valence-corrected chi connectivity index (χ3v) is 5.73. The van der Waals surface area contributed by atoms with Gasteiger partial charge in [-0.3, -0.25) is 0 Å². The van der Waals surface area contributed by atoms with E-state index in [1.165, 1.54) is 7.11 Å². The number of hydrogen-bond donors (Lipinski definition) is 2. The number of methoxy groups -OCH3 is 1. The summed E-state index contributed by atoms with van der Waals surface area (Å²) in [7, 11) is 1.37. The number of esters is 1. The summed E-state index contributed by atoms with van der Waals surface area (Å²) in [5.74, 6) is -0.365. The molecular weight excluding hydrogens is 374 g/mol. The number of nitrogens with one attached hydrogen (secondary N) is 2. The smallest absolute Gasteiger partial charge is 0.337 e. The fraction of sp³-hybridized carbons (Fsp3) is 0.238. The van der Waals surface area contributed by atoms with Crippen molar-refractivity contribution in [2.75, 3.05) is 25.2 Å². The van der Waals surface area contributed by atoms with Crippen LogP contribution in [0.25, 0.3) is 10.9 Å². The first-order valence-corrected chi connectivity index (χ1v) is 10.2. The molecule has 28 heavy (non-hydrogen) atoms. The minimum atomic E-state index is -0.365. The van der Waals surface area contributed by atoms with Crippen molar-refractivity contribution < 1.29 is 14.3 Å². The van der Waals surface area contributed by atoms with Crippen molar-refractivity contribution in [3.63, 3.8) is 0 Å². The number of amides is 2. The molecule has 1 aliphatic heterocycles. The number of thioether (sulfide) groups is 1. The molecule has 2 N–H and O–H groups in total. The fourth-order valence-electron chi connectivity index (χ4n) is 3.54. The fourth-order valence-corrected chi connectivity index (χ4v) is 4.00. The lowest BCUT2D eigenvalue weighted by molar-refractivity contribution is 0.0601. The number of benzene rings is 2. The highest BCUT2D eigenvalue weighted by Crippen LogP contribution is 2.29. The number of hydrogen-bond acceptors (Lipinski definition) is 4. The number of carbonyl (C=O) groups excluding carboxylic acids is 2. The van der Waals surface area contributed by atoms with Crippen molar-refractivity contribution in [1.29, 1.82) is 0 Å². The number of urea groups is 1. The van der Waals surface area contributed by atoms with Crippen LogP contribution in [0.5, 0.6) is 0 Å². The van der Waals surface area contributed by atoms with Gasteiger partial charge in [-0.1, -0.05) is 6.07 Å². The zero-order valence-electron chi connectivity index (χ0n) is 15.7. The highest BCUT2D eigenvalue weighted by atomic mass is 32.2. The van der Waals surface area contributed by atoms with Crippen molar-refractivity contribution in [1.82, 2.24) is 9.88 Å². The van der Waals surface area contributed by atoms with Gasteiger partial charge in [0.05, 0.1) is 12.7 Å². The van der Waals surface area contributed by atoms with Gasteiger partial charge in [0.25, 0.3) is 0 Å². The van der Waals surface area contributed by atoms with Gasteiger partial charge in [0.15, 0.2) is 0 Å². The number of carbonyl (C=O) groups is 2. The molecule has 144 valence electrons. The molecule has 2 amide bonds. The zero-order valence-corrected chi connectivity index (χ0v) is 16.6. The number of anilines is 1. The molecule has 0 spiro atoms. The summed E-state index contributed by atoms with van der Waals surface area (Å²) < 4.78 is 4.83. The molecule has 2 heterocycles. The first kappa shape index (κ1) is 18.4. The first-order chi connectivity index (χ1) is 13.6.